The van der Waals surface area contributed by atoms with Crippen LogP contribution in [0.3, 0.4) is 0 Å². The summed E-state index contributed by atoms with van der Waals surface area (Å²) < 4.78 is 7.27. The molecule has 5 heteroatoms. The first-order valence-corrected chi connectivity index (χ1v) is 8.01. The SMILES string of the molecule is COc1cccc2c1cc(C(=O)NCCCc1ccccn1)n2C. The summed E-state index contributed by atoms with van der Waals surface area (Å²) in [4.78, 5) is 16.7. The fourth-order valence-electron chi connectivity index (χ4n) is 2.84. The molecule has 5 nitrogen and oxygen atoms in total. The Kier molecular flexibility index (Phi) is 4.79. The lowest BCUT2D eigenvalue weighted by Crippen LogP contribution is -2.26. The second kappa shape index (κ2) is 7.17. The molecule has 0 aliphatic carbocycles. The van der Waals surface area contributed by atoms with Gasteiger partial charge in [0.05, 0.1) is 12.6 Å². The number of fused-ring (bicyclic) bond motifs is 1. The van der Waals surface area contributed by atoms with Gasteiger partial charge in [-0.2, -0.15) is 0 Å². The normalized spacial score (nSPS) is 10.8. The minimum absolute atomic E-state index is 0.0724. The number of nitrogens with one attached hydrogen (secondary N) is 1. The fraction of sp³-hybridized carbons (Fsp3) is 0.263. The topological polar surface area (TPSA) is 56.1 Å². The van der Waals surface area contributed by atoms with Gasteiger partial charge in [-0.3, -0.25) is 9.78 Å². The van der Waals surface area contributed by atoms with E-state index in [-0.39, 0.29) is 5.91 Å². The zero-order chi connectivity index (χ0) is 16.9. The van der Waals surface area contributed by atoms with Crippen LogP contribution in [0, 0.1) is 0 Å². The molecule has 2 aromatic heterocycles. The van der Waals surface area contributed by atoms with E-state index in [1.54, 1.807) is 13.3 Å². The molecule has 1 N–H and O–H groups in total. The number of hydrogen-bond donors (Lipinski definition) is 1. The van der Waals surface area contributed by atoms with Crippen molar-refractivity contribution in [2.45, 2.75) is 12.8 Å². The molecule has 0 saturated heterocycles. The lowest BCUT2D eigenvalue weighted by atomic mass is 10.2. The summed E-state index contributed by atoms with van der Waals surface area (Å²) in [5, 5.41) is 3.93. The van der Waals surface area contributed by atoms with Crippen LogP contribution in [0.1, 0.15) is 22.6 Å². The van der Waals surface area contributed by atoms with Gasteiger partial charge in [-0.25, -0.2) is 0 Å². The van der Waals surface area contributed by atoms with E-state index in [4.69, 9.17) is 4.74 Å². The van der Waals surface area contributed by atoms with Crippen LogP contribution in [-0.4, -0.2) is 29.1 Å². The average molecular weight is 323 g/mol. The largest absolute Gasteiger partial charge is 0.496 e. The zero-order valence-electron chi connectivity index (χ0n) is 14.0. The predicted octanol–water partition coefficient (Wildman–Crippen LogP) is 2.94. The maximum absolute atomic E-state index is 12.5. The highest BCUT2D eigenvalue weighted by atomic mass is 16.5. The third-order valence-electron chi connectivity index (χ3n) is 4.12. The molecule has 0 unspecified atom stereocenters. The third kappa shape index (κ3) is 3.25. The number of pyridine rings is 1. The van der Waals surface area contributed by atoms with Crippen molar-refractivity contribution < 1.29 is 9.53 Å². The Bertz CT molecular complexity index is 840. The number of benzene rings is 1. The second-order valence-electron chi connectivity index (χ2n) is 5.66. The fourth-order valence-corrected chi connectivity index (χ4v) is 2.84. The van der Waals surface area contributed by atoms with Crippen LogP contribution in [0.25, 0.3) is 10.9 Å². The van der Waals surface area contributed by atoms with Gasteiger partial charge in [0.15, 0.2) is 0 Å². The molecule has 0 aliphatic rings. The molecule has 0 atom stereocenters. The summed E-state index contributed by atoms with van der Waals surface area (Å²) in [6.45, 7) is 0.619. The number of hydrogen-bond acceptors (Lipinski definition) is 3. The first-order valence-electron chi connectivity index (χ1n) is 8.01. The summed E-state index contributed by atoms with van der Waals surface area (Å²) in [6, 6.07) is 13.6. The van der Waals surface area contributed by atoms with Gasteiger partial charge in [0.2, 0.25) is 0 Å². The summed E-state index contributed by atoms with van der Waals surface area (Å²) in [6.07, 6.45) is 3.50. The Labute approximate surface area is 141 Å². The van der Waals surface area contributed by atoms with Gasteiger partial charge in [-0.15, -0.1) is 0 Å². The van der Waals surface area contributed by atoms with E-state index in [0.29, 0.717) is 12.2 Å². The number of aryl methyl sites for hydroxylation is 2. The molecule has 0 saturated carbocycles. The molecule has 0 aliphatic heterocycles. The van der Waals surface area contributed by atoms with E-state index < -0.39 is 0 Å². The van der Waals surface area contributed by atoms with Crippen molar-refractivity contribution in [3.63, 3.8) is 0 Å². The summed E-state index contributed by atoms with van der Waals surface area (Å²) in [7, 11) is 3.53. The van der Waals surface area contributed by atoms with Gasteiger partial charge in [-0.05, 0) is 43.2 Å². The van der Waals surface area contributed by atoms with E-state index in [0.717, 1.165) is 35.2 Å². The minimum atomic E-state index is -0.0724. The van der Waals surface area contributed by atoms with Gasteiger partial charge in [0.1, 0.15) is 11.4 Å². The Hall–Kier alpha value is -2.82. The summed E-state index contributed by atoms with van der Waals surface area (Å²) >= 11 is 0. The molecule has 0 fully saturated rings. The molecular formula is C19H21N3O2. The monoisotopic (exact) mass is 323 g/mol. The molecule has 1 aromatic carbocycles. The van der Waals surface area contributed by atoms with Crippen molar-refractivity contribution in [2.75, 3.05) is 13.7 Å². The summed E-state index contributed by atoms with van der Waals surface area (Å²) in [5.74, 6) is 0.703. The third-order valence-corrected chi connectivity index (χ3v) is 4.12. The van der Waals surface area contributed by atoms with E-state index in [2.05, 4.69) is 10.3 Å². The average Bonchev–Trinajstić information content (AvgIpc) is 2.96. The molecule has 3 rings (SSSR count). The highest BCUT2D eigenvalue weighted by Crippen LogP contribution is 2.27. The number of carbonyl (C=O) groups is 1. The Balaban J connectivity index is 1.65. The molecule has 24 heavy (non-hydrogen) atoms. The van der Waals surface area contributed by atoms with Gasteiger partial charge in [-0.1, -0.05) is 12.1 Å². The maximum Gasteiger partial charge on any atom is 0.267 e. The molecule has 3 aromatic rings. The Morgan fingerprint density at radius 1 is 1.25 bits per heavy atom. The van der Waals surface area contributed by atoms with Gasteiger partial charge in [0.25, 0.3) is 5.91 Å². The second-order valence-corrected chi connectivity index (χ2v) is 5.66. The number of methoxy groups -OCH3 is 1. The van der Waals surface area contributed by atoms with Gasteiger partial charge >= 0.3 is 0 Å². The number of aromatic nitrogens is 2. The molecule has 0 bridgehead atoms. The Morgan fingerprint density at radius 2 is 2.12 bits per heavy atom. The number of rotatable bonds is 6. The maximum atomic E-state index is 12.5. The molecule has 1 amide bonds. The van der Waals surface area contributed by atoms with Crippen molar-refractivity contribution in [1.82, 2.24) is 14.9 Å². The molecular weight excluding hydrogens is 302 g/mol. The van der Waals surface area contributed by atoms with E-state index in [1.165, 1.54) is 0 Å². The van der Waals surface area contributed by atoms with Crippen LogP contribution in [0.5, 0.6) is 5.75 Å². The lowest BCUT2D eigenvalue weighted by Gasteiger charge is -2.06. The van der Waals surface area contributed by atoms with E-state index in [9.17, 15) is 4.79 Å². The number of nitrogens with zero attached hydrogens (tertiary/aromatic N) is 2. The minimum Gasteiger partial charge on any atom is -0.496 e. The van der Waals surface area contributed by atoms with Crippen LogP contribution in [0.2, 0.25) is 0 Å². The van der Waals surface area contributed by atoms with Gasteiger partial charge in [0, 0.05) is 30.9 Å². The first-order chi connectivity index (χ1) is 11.7. The summed E-state index contributed by atoms with van der Waals surface area (Å²) in [5.41, 5.74) is 2.65. The van der Waals surface area contributed by atoms with Crippen LogP contribution in [-0.2, 0) is 13.5 Å². The van der Waals surface area contributed by atoms with E-state index in [1.807, 2.05) is 54.1 Å². The van der Waals surface area contributed by atoms with Gasteiger partial charge < -0.3 is 14.6 Å². The van der Waals surface area contributed by atoms with E-state index >= 15 is 0 Å². The predicted molar refractivity (Wildman–Crippen MR) is 94.4 cm³/mol. The number of carbonyl (C=O) groups excluding carboxylic acids is 1. The highest BCUT2D eigenvalue weighted by molar-refractivity contribution is 6.00. The quantitative estimate of drug-likeness (QED) is 0.710. The first kappa shape index (κ1) is 16.1. The standard InChI is InChI=1S/C19H21N3O2/c1-22-16-9-5-10-18(24-2)15(16)13-17(22)19(23)21-12-6-8-14-7-3-4-11-20-14/h3-5,7,9-11,13H,6,8,12H2,1-2H3,(H,21,23). The van der Waals surface area contributed by atoms with Crippen LogP contribution in [0.15, 0.2) is 48.7 Å². The van der Waals surface area contributed by atoms with Crippen molar-refractivity contribution in [3.05, 3.63) is 60.0 Å². The van der Waals surface area contributed by atoms with Crippen molar-refractivity contribution in [1.29, 1.82) is 0 Å². The van der Waals surface area contributed by atoms with Crippen LogP contribution in [0.4, 0.5) is 0 Å². The lowest BCUT2D eigenvalue weighted by molar-refractivity contribution is 0.0945. The number of ether oxygens (including phenoxy) is 1. The molecule has 2 heterocycles. The molecule has 124 valence electrons. The van der Waals surface area contributed by atoms with Crippen molar-refractivity contribution in [3.8, 4) is 5.75 Å². The smallest absolute Gasteiger partial charge is 0.267 e. The Morgan fingerprint density at radius 3 is 2.88 bits per heavy atom. The molecule has 0 radical (unpaired) electrons. The van der Waals surface area contributed by atoms with Crippen molar-refractivity contribution in [2.24, 2.45) is 7.05 Å². The van der Waals surface area contributed by atoms with Crippen molar-refractivity contribution >= 4 is 16.8 Å². The van der Waals surface area contributed by atoms with Crippen LogP contribution < -0.4 is 10.1 Å². The zero-order valence-corrected chi connectivity index (χ0v) is 14.0. The highest BCUT2D eigenvalue weighted by Gasteiger charge is 2.15. The van der Waals surface area contributed by atoms with Crippen LogP contribution >= 0.6 is 0 Å². The molecule has 0 spiro atoms. The number of amides is 1.